The van der Waals surface area contributed by atoms with Gasteiger partial charge in [-0.3, -0.25) is 4.79 Å². The molecule has 0 aliphatic heterocycles. The first kappa shape index (κ1) is 40.6. The van der Waals surface area contributed by atoms with Crippen molar-refractivity contribution >= 4 is 23.7 Å². The maximum Gasteiger partial charge on any atom is 0.460 e. The van der Waals surface area contributed by atoms with Gasteiger partial charge < -0.3 is 4.74 Å². The molecule has 0 bridgehead atoms. The molecule has 0 saturated heterocycles. The largest absolute Gasteiger partial charge is 0.493 e. The van der Waals surface area contributed by atoms with Gasteiger partial charge in [-0.15, -0.1) is 0 Å². The molecule has 0 aromatic heterocycles. The van der Waals surface area contributed by atoms with Crippen LogP contribution in [0.4, 0.5) is 57.1 Å². The number of halogens is 13. The van der Waals surface area contributed by atoms with Crippen molar-refractivity contribution in [2.24, 2.45) is 0 Å². The Morgan fingerprint density at radius 1 is 0.500 bits per heavy atom. The van der Waals surface area contributed by atoms with E-state index >= 15 is 8.78 Å². The molecule has 0 spiro atoms. The first-order chi connectivity index (χ1) is 24.1. The lowest BCUT2D eigenvalue weighted by Gasteiger charge is -2.40. The molecule has 0 aliphatic carbocycles. The average molecular weight is 772 g/mol. The Hall–Kier alpha value is -4.13. The Labute approximate surface area is 289 Å². The topological polar surface area (TPSA) is 26.3 Å². The van der Waals surface area contributed by atoms with Crippen LogP contribution in [0, 0.1) is 0 Å². The van der Waals surface area contributed by atoms with Crippen molar-refractivity contribution in [2.45, 2.75) is 48.6 Å². The Bertz CT molecular complexity index is 1730. The summed E-state index contributed by atoms with van der Waals surface area (Å²) in [7, 11) is -3.39. The van der Waals surface area contributed by atoms with Gasteiger partial charge in [0.25, 0.3) is 0 Å². The standard InChI is InChI=1S/C36H29F13O2P/c37-31(38,32(39,40)33(41,42)34(43,44)35(45,46)36(47,48)49)21-24-52(28-13-6-2-7-14-28,29-15-8-3-9-16-29)23-10-22-51-27-19-17-26(18-20-27)30(50)25-11-4-1-5-12-25/h1-9,11-20H,10,21-24H2/q+1. The van der Waals surface area contributed by atoms with Crippen LogP contribution in [0.3, 0.4) is 0 Å². The lowest BCUT2D eigenvalue weighted by molar-refractivity contribution is -0.439. The van der Waals surface area contributed by atoms with Crippen molar-refractivity contribution in [3.63, 3.8) is 0 Å². The number of hydrogen-bond donors (Lipinski definition) is 0. The normalized spacial score (nSPS) is 13.6. The third kappa shape index (κ3) is 7.65. The van der Waals surface area contributed by atoms with Crippen molar-refractivity contribution in [1.82, 2.24) is 0 Å². The van der Waals surface area contributed by atoms with Crippen LogP contribution in [-0.4, -0.2) is 60.5 Å². The Morgan fingerprint density at radius 3 is 1.38 bits per heavy atom. The van der Waals surface area contributed by atoms with E-state index in [1.807, 2.05) is 0 Å². The zero-order chi connectivity index (χ0) is 38.6. The van der Waals surface area contributed by atoms with Gasteiger partial charge >= 0.3 is 35.8 Å². The highest BCUT2D eigenvalue weighted by molar-refractivity contribution is 7.89. The molecule has 16 heteroatoms. The van der Waals surface area contributed by atoms with Crippen LogP contribution < -0.4 is 15.3 Å². The van der Waals surface area contributed by atoms with E-state index < -0.39 is 55.6 Å². The molecule has 0 aliphatic rings. The summed E-state index contributed by atoms with van der Waals surface area (Å²) in [6, 6.07) is 29.2. The second-order valence-electron chi connectivity index (χ2n) is 11.8. The van der Waals surface area contributed by atoms with E-state index in [1.165, 1.54) is 84.9 Å². The van der Waals surface area contributed by atoms with Crippen molar-refractivity contribution in [3.05, 3.63) is 126 Å². The quantitative estimate of drug-likeness (QED) is 0.0491. The van der Waals surface area contributed by atoms with Gasteiger partial charge in [0.2, 0.25) is 0 Å². The maximum atomic E-state index is 15.2. The zero-order valence-electron chi connectivity index (χ0n) is 26.7. The fourth-order valence-corrected chi connectivity index (χ4v) is 9.85. The van der Waals surface area contributed by atoms with E-state index in [2.05, 4.69) is 0 Å². The first-order valence-corrected chi connectivity index (χ1v) is 17.5. The summed E-state index contributed by atoms with van der Waals surface area (Å²) in [4.78, 5) is 12.7. The summed E-state index contributed by atoms with van der Waals surface area (Å²) < 4.78 is 187. The van der Waals surface area contributed by atoms with Crippen LogP contribution in [0.15, 0.2) is 115 Å². The molecule has 4 rings (SSSR count). The average Bonchev–Trinajstić information content (AvgIpc) is 3.11. The molecule has 0 N–H and O–H groups in total. The smallest absolute Gasteiger partial charge is 0.460 e. The molecule has 0 radical (unpaired) electrons. The second-order valence-corrected chi connectivity index (χ2v) is 15.6. The molecule has 0 atom stereocenters. The molecule has 0 saturated carbocycles. The van der Waals surface area contributed by atoms with Crippen molar-refractivity contribution in [2.75, 3.05) is 18.9 Å². The minimum atomic E-state index is -7.96. The van der Waals surface area contributed by atoms with E-state index in [0.717, 1.165) is 0 Å². The summed E-state index contributed by atoms with van der Waals surface area (Å²) in [6.07, 6.45) is -10.9. The van der Waals surface area contributed by atoms with Crippen molar-refractivity contribution < 1.29 is 66.6 Å². The molecule has 280 valence electrons. The van der Waals surface area contributed by atoms with Gasteiger partial charge in [-0.05, 0) is 48.5 Å². The summed E-state index contributed by atoms with van der Waals surface area (Å²) in [5.74, 6) is -37.1. The number of rotatable bonds is 16. The lowest BCUT2D eigenvalue weighted by Crippen LogP contribution is -2.70. The molecule has 0 amide bonds. The highest BCUT2D eigenvalue weighted by Crippen LogP contribution is 2.63. The van der Waals surface area contributed by atoms with Crippen LogP contribution in [0.2, 0.25) is 0 Å². The highest BCUT2D eigenvalue weighted by Gasteiger charge is 2.90. The number of ketones is 1. The van der Waals surface area contributed by atoms with Crippen molar-refractivity contribution in [3.8, 4) is 5.75 Å². The van der Waals surface area contributed by atoms with Gasteiger partial charge in [0.1, 0.15) is 5.75 Å². The molecule has 4 aromatic carbocycles. The molecule has 0 heterocycles. The summed E-state index contributed by atoms with van der Waals surface area (Å²) >= 11 is 0. The fraction of sp³-hybridized carbons (Fsp3) is 0.306. The molecule has 52 heavy (non-hydrogen) atoms. The number of ether oxygens (including phenoxy) is 1. The number of alkyl halides is 13. The van der Waals surface area contributed by atoms with Gasteiger partial charge in [0, 0.05) is 17.5 Å². The summed E-state index contributed by atoms with van der Waals surface area (Å²) in [5.41, 5.74) is 0.790. The van der Waals surface area contributed by atoms with Gasteiger partial charge in [-0.1, -0.05) is 66.7 Å². The fourth-order valence-electron chi connectivity index (χ4n) is 5.48. The predicted octanol–water partition coefficient (Wildman–Crippen LogP) is 10.5. The van der Waals surface area contributed by atoms with E-state index in [9.17, 15) is 53.1 Å². The monoisotopic (exact) mass is 771 g/mol. The van der Waals surface area contributed by atoms with E-state index in [0.29, 0.717) is 21.7 Å². The minimum absolute atomic E-state index is 0.0241. The Morgan fingerprint density at radius 2 is 0.923 bits per heavy atom. The number of hydrogen-bond acceptors (Lipinski definition) is 2. The zero-order valence-corrected chi connectivity index (χ0v) is 27.6. The number of carbonyl (C=O) groups excluding carboxylic acids is 1. The molecule has 4 aromatic rings. The molecular weight excluding hydrogens is 742 g/mol. The highest BCUT2D eigenvalue weighted by atomic mass is 31.2. The van der Waals surface area contributed by atoms with Gasteiger partial charge in [0.15, 0.2) is 5.78 Å². The summed E-state index contributed by atoms with van der Waals surface area (Å²) in [6.45, 7) is -0.114. The second kappa shape index (κ2) is 15.1. The van der Waals surface area contributed by atoms with Gasteiger partial charge in [-0.25, -0.2) is 0 Å². The van der Waals surface area contributed by atoms with E-state index in [-0.39, 0.29) is 30.7 Å². The van der Waals surface area contributed by atoms with Gasteiger partial charge in [-0.2, -0.15) is 57.1 Å². The van der Waals surface area contributed by atoms with Crippen LogP contribution in [0.1, 0.15) is 28.8 Å². The summed E-state index contributed by atoms with van der Waals surface area (Å²) in [5, 5.41) is 0.592. The SMILES string of the molecule is O=C(c1ccccc1)c1ccc(OCCC[P+](CCC(F)(F)C(F)(F)C(F)(F)C(F)(F)C(F)(F)C(F)(F)F)(c2ccccc2)c2ccccc2)cc1. The lowest BCUT2D eigenvalue weighted by atomic mass is 9.93. The van der Waals surface area contributed by atoms with Crippen LogP contribution in [0.25, 0.3) is 0 Å². The van der Waals surface area contributed by atoms with E-state index in [4.69, 9.17) is 4.74 Å². The minimum Gasteiger partial charge on any atom is -0.493 e. The molecule has 0 unspecified atom stereocenters. The first-order valence-electron chi connectivity index (χ1n) is 15.4. The van der Waals surface area contributed by atoms with Gasteiger partial charge in [0.05, 0.1) is 43.2 Å². The van der Waals surface area contributed by atoms with Crippen LogP contribution in [0.5, 0.6) is 5.75 Å². The Kier molecular flexibility index (Phi) is 11.8. The number of benzene rings is 4. The molecule has 2 nitrogen and oxygen atoms in total. The Balaban J connectivity index is 1.61. The molecule has 0 fully saturated rings. The molecular formula is C36H29F13O2P+. The third-order valence-corrected chi connectivity index (χ3v) is 13.1. The number of carbonyl (C=O) groups is 1. The van der Waals surface area contributed by atoms with E-state index in [1.54, 1.807) is 30.3 Å². The van der Waals surface area contributed by atoms with Crippen molar-refractivity contribution in [1.29, 1.82) is 0 Å². The third-order valence-electron chi connectivity index (χ3n) is 8.41. The predicted molar refractivity (Wildman–Crippen MR) is 171 cm³/mol. The van der Waals surface area contributed by atoms with Crippen LogP contribution in [-0.2, 0) is 0 Å². The maximum absolute atomic E-state index is 15.2. The van der Waals surface area contributed by atoms with Crippen LogP contribution >= 0.6 is 7.26 Å².